The van der Waals surface area contributed by atoms with Gasteiger partial charge in [-0.3, -0.25) is 4.79 Å². The monoisotopic (exact) mass is 251 g/mol. The van der Waals surface area contributed by atoms with E-state index in [1.807, 2.05) is 13.0 Å². The van der Waals surface area contributed by atoms with Crippen LogP contribution in [0.4, 0.5) is 11.6 Å². The predicted molar refractivity (Wildman–Crippen MR) is 72.5 cm³/mol. The van der Waals surface area contributed by atoms with Gasteiger partial charge in [0.2, 0.25) is 5.91 Å². The van der Waals surface area contributed by atoms with E-state index in [1.165, 1.54) is 0 Å². The molecule has 18 heavy (non-hydrogen) atoms. The number of amides is 1. The van der Waals surface area contributed by atoms with Gasteiger partial charge in [-0.2, -0.15) is 0 Å². The van der Waals surface area contributed by atoms with Crippen LogP contribution >= 0.6 is 0 Å². The number of nitrogens with zero attached hydrogens (tertiary/aromatic N) is 2. The highest BCUT2D eigenvalue weighted by Gasteiger charge is 2.01. The van der Waals surface area contributed by atoms with Gasteiger partial charge in [0.25, 0.3) is 0 Å². The number of anilines is 2. The van der Waals surface area contributed by atoms with E-state index in [-0.39, 0.29) is 5.91 Å². The highest BCUT2D eigenvalue weighted by atomic mass is 16.1. The lowest BCUT2D eigenvalue weighted by atomic mass is 10.3. The zero-order valence-corrected chi connectivity index (χ0v) is 11.0. The standard InChI is InChI=1S/C12H21N5O/c1-3-6-14-11-8-12(17-9(2)16-11)15-7-4-5-10(13)18/h8H,3-7H2,1-2H3,(H2,13,18)(H2,14,15,16,17). The number of hydrogen-bond donors (Lipinski definition) is 3. The van der Waals surface area contributed by atoms with Crippen molar-refractivity contribution in [2.75, 3.05) is 23.7 Å². The third-order valence-corrected chi connectivity index (χ3v) is 2.30. The van der Waals surface area contributed by atoms with Crippen LogP contribution in [0.15, 0.2) is 6.07 Å². The van der Waals surface area contributed by atoms with Crippen LogP contribution in [0.1, 0.15) is 32.0 Å². The fourth-order valence-corrected chi connectivity index (χ4v) is 1.48. The first-order chi connectivity index (χ1) is 8.61. The largest absolute Gasteiger partial charge is 0.370 e. The molecule has 0 unspecified atom stereocenters. The van der Waals surface area contributed by atoms with E-state index in [4.69, 9.17) is 5.73 Å². The summed E-state index contributed by atoms with van der Waals surface area (Å²) >= 11 is 0. The molecule has 0 radical (unpaired) electrons. The zero-order valence-electron chi connectivity index (χ0n) is 11.0. The normalized spacial score (nSPS) is 10.1. The number of hydrogen-bond acceptors (Lipinski definition) is 5. The molecule has 0 aliphatic carbocycles. The van der Waals surface area contributed by atoms with Gasteiger partial charge >= 0.3 is 0 Å². The minimum absolute atomic E-state index is 0.277. The Hall–Kier alpha value is -1.85. The lowest BCUT2D eigenvalue weighted by molar-refractivity contribution is -0.118. The fourth-order valence-electron chi connectivity index (χ4n) is 1.48. The lowest BCUT2D eigenvalue weighted by Gasteiger charge is -2.09. The summed E-state index contributed by atoms with van der Waals surface area (Å²) in [5.74, 6) is 2.03. The Labute approximate surface area is 107 Å². The molecule has 0 atom stereocenters. The number of carbonyl (C=O) groups excluding carboxylic acids is 1. The molecule has 0 aliphatic heterocycles. The van der Waals surface area contributed by atoms with Crippen LogP contribution in [-0.4, -0.2) is 29.0 Å². The maximum Gasteiger partial charge on any atom is 0.217 e. The molecule has 0 aromatic carbocycles. The maximum absolute atomic E-state index is 10.6. The number of aryl methyl sites for hydroxylation is 1. The topological polar surface area (TPSA) is 92.9 Å². The van der Waals surface area contributed by atoms with Crippen LogP contribution in [0, 0.1) is 6.92 Å². The van der Waals surface area contributed by atoms with Crippen molar-refractivity contribution in [2.45, 2.75) is 33.1 Å². The summed E-state index contributed by atoms with van der Waals surface area (Å²) in [6.45, 7) is 5.51. The maximum atomic E-state index is 10.6. The number of aromatic nitrogens is 2. The lowest BCUT2D eigenvalue weighted by Crippen LogP contribution is -2.13. The minimum atomic E-state index is -0.277. The Morgan fingerprint density at radius 3 is 2.44 bits per heavy atom. The second-order valence-corrected chi connectivity index (χ2v) is 4.11. The van der Waals surface area contributed by atoms with Gasteiger partial charge in [-0.1, -0.05) is 6.92 Å². The van der Waals surface area contributed by atoms with Gasteiger partial charge < -0.3 is 16.4 Å². The van der Waals surface area contributed by atoms with E-state index in [0.29, 0.717) is 25.2 Å². The second-order valence-electron chi connectivity index (χ2n) is 4.11. The van der Waals surface area contributed by atoms with Crippen LogP contribution in [-0.2, 0) is 4.79 Å². The molecule has 6 heteroatoms. The number of carbonyl (C=O) groups is 1. The van der Waals surface area contributed by atoms with Gasteiger partial charge in [0, 0.05) is 25.6 Å². The molecule has 0 saturated carbocycles. The van der Waals surface area contributed by atoms with Crippen LogP contribution in [0.25, 0.3) is 0 Å². The molecule has 0 fully saturated rings. The summed E-state index contributed by atoms with van der Waals surface area (Å²) in [6, 6.07) is 1.87. The van der Waals surface area contributed by atoms with Gasteiger partial charge in [0.1, 0.15) is 17.5 Å². The van der Waals surface area contributed by atoms with E-state index in [9.17, 15) is 4.79 Å². The fraction of sp³-hybridized carbons (Fsp3) is 0.583. The van der Waals surface area contributed by atoms with E-state index in [1.54, 1.807) is 0 Å². The van der Waals surface area contributed by atoms with Gasteiger partial charge in [0.05, 0.1) is 0 Å². The second kappa shape index (κ2) is 7.47. The van der Waals surface area contributed by atoms with E-state index in [0.717, 1.165) is 24.6 Å². The summed E-state index contributed by atoms with van der Waals surface area (Å²) in [7, 11) is 0. The minimum Gasteiger partial charge on any atom is -0.370 e. The van der Waals surface area contributed by atoms with Crippen LogP contribution in [0.5, 0.6) is 0 Å². The Kier molecular flexibility index (Phi) is 5.90. The molecule has 1 aromatic rings. The smallest absolute Gasteiger partial charge is 0.217 e. The Morgan fingerprint density at radius 2 is 1.89 bits per heavy atom. The van der Waals surface area contributed by atoms with Crippen molar-refractivity contribution in [2.24, 2.45) is 5.73 Å². The van der Waals surface area contributed by atoms with Crippen LogP contribution in [0.3, 0.4) is 0 Å². The number of nitrogens with two attached hydrogens (primary N) is 1. The highest BCUT2D eigenvalue weighted by molar-refractivity contribution is 5.73. The van der Waals surface area contributed by atoms with Crippen molar-refractivity contribution in [1.29, 1.82) is 0 Å². The molecule has 0 spiro atoms. The summed E-state index contributed by atoms with van der Waals surface area (Å²) < 4.78 is 0. The van der Waals surface area contributed by atoms with Crippen LogP contribution < -0.4 is 16.4 Å². The first-order valence-electron chi connectivity index (χ1n) is 6.23. The van der Waals surface area contributed by atoms with Crippen molar-refractivity contribution in [3.05, 3.63) is 11.9 Å². The van der Waals surface area contributed by atoms with Crippen LogP contribution in [0.2, 0.25) is 0 Å². The first kappa shape index (κ1) is 14.2. The van der Waals surface area contributed by atoms with E-state index in [2.05, 4.69) is 27.5 Å². The van der Waals surface area contributed by atoms with Gasteiger partial charge in [-0.25, -0.2) is 9.97 Å². The van der Waals surface area contributed by atoms with Crippen molar-refractivity contribution in [3.8, 4) is 0 Å². The summed E-state index contributed by atoms with van der Waals surface area (Å²) in [5, 5.41) is 6.38. The van der Waals surface area contributed by atoms with E-state index < -0.39 is 0 Å². The molecule has 6 nitrogen and oxygen atoms in total. The van der Waals surface area contributed by atoms with Crippen molar-refractivity contribution < 1.29 is 4.79 Å². The quantitative estimate of drug-likeness (QED) is 0.605. The third-order valence-electron chi connectivity index (χ3n) is 2.30. The first-order valence-corrected chi connectivity index (χ1v) is 6.23. The van der Waals surface area contributed by atoms with Gasteiger partial charge in [0.15, 0.2) is 0 Å². The molecule has 1 amide bonds. The SMILES string of the molecule is CCCNc1cc(NCCCC(N)=O)nc(C)n1. The summed E-state index contributed by atoms with van der Waals surface area (Å²) in [5.41, 5.74) is 5.07. The van der Waals surface area contributed by atoms with Crippen molar-refractivity contribution in [1.82, 2.24) is 9.97 Å². The Bertz CT molecular complexity index is 394. The van der Waals surface area contributed by atoms with Gasteiger partial charge in [-0.05, 0) is 19.8 Å². The molecule has 1 rings (SSSR count). The molecular weight excluding hydrogens is 230 g/mol. The molecule has 1 heterocycles. The molecule has 0 aliphatic rings. The van der Waals surface area contributed by atoms with Crippen molar-refractivity contribution in [3.63, 3.8) is 0 Å². The number of nitrogens with one attached hydrogen (secondary N) is 2. The molecule has 1 aromatic heterocycles. The van der Waals surface area contributed by atoms with E-state index >= 15 is 0 Å². The number of primary amides is 1. The van der Waals surface area contributed by atoms with Crippen molar-refractivity contribution >= 4 is 17.5 Å². The average Bonchev–Trinajstić information content (AvgIpc) is 2.31. The Balaban J connectivity index is 2.48. The molecule has 0 saturated heterocycles. The number of rotatable bonds is 8. The Morgan fingerprint density at radius 1 is 1.28 bits per heavy atom. The molecule has 100 valence electrons. The molecular formula is C12H21N5O. The predicted octanol–water partition coefficient (Wildman–Crippen LogP) is 1.28. The highest BCUT2D eigenvalue weighted by Crippen LogP contribution is 2.11. The van der Waals surface area contributed by atoms with Gasteiger partial charge in [-0.15, -0.1) is 0 Å². The summed E-state index contributed by atoms with van der Waals surface area (Å²) in [6.07, 6.45) is 2.14. The average molecular weight is 251 g/mol. The third kappa shape index (κ3) is 5.47. The zero-order chi connectivity index (χ0) is 13.4. The molecule has 0 bridgehead atoms. The summed E-state index contributed by atoms with van der Waals surface area (Å²) in [4.78, 5) is 19.2. The molecule has 4 N–H and O–H groups in total.